The lowest BCUT2D eigenvalue weighted by Crippen LogP contribution is -2.38. The average Bonchev–Trinajstić information content (AvgIpc) is 3.28. The van der Waals surface area contributed by atoms with E-state index in [0.29, 0.717) is 0 Å². The smallest absolute Gasteiger partial charge is 0.185 e. The summed E-state index contributed by atoms with van der Waals surface area (Å²) in [4.78, 5) is 11.2. The van der Waals surface area contributed by atoms with Crippen molar-refractivity contribution in [3.05, 3.63) is 114 Å². The molecule has 0 aliphatic carbocycles. The lowest BCUT2D eigenvalue weighted by atomic mass is 9.77. The molecule has 0 unspecified atom stereocenters. The highest BCUT2D eigenvalue weighted by Gasteiger charge is 2.39. The Hall–Kier alpha value is -2.83. The van der Waals surface area contributed by atoms with Crippen molar-refractivity contribution in [2.24, 2.45) is 0 Å². The first-order valence-electron chi connectivity index (χ1n) is 10.1. The Morgan fingerprint density at radius 2 is 1.29 bits per heavy atom. The first-order valence-corrected chi connectivity index (χ1v) is 12.0. The van der Waals surface area contributed by atoms with Gasteiger partial charge in [-0.25, -0.2) is 4.68 Å². The molecular weight excluding hydrogens is 422 g/mol. The zero-order chi connectivity index (χ0) is 21.5. The van der Waals surface area contributed by atoms with Crippen LogP contribution in [0.25, 0.3) is 0 Å². The number of rotatable bonds is 8. The highest BCUT2D eigenvalue weighted by molar-refractivity contribution is 8.14. The maximum atomic E-state index is 11.2. The van der Waals surface area contributed by atoms with Gasteiger partial charge >= 0.3 is 0 Å². The molecule has 0 fully saturated rings. The molecule has 1 heterocycles. The lowest BCUT2D eigenvalue weighted by molar-refractivity contribution is -0.109. The van der Waals surface area contributed by atoms with Crippen molar-refractivity contribution in [2.45, 2.75) is 17.5 Å². The van der Waals surface area contributed by atoms with Gasteiger partial charge in [0.15, 0.2) is 5.12 Å². The van der Waals surface area contributed by atoms with Crippen molar-refractivity contribution < 1.29 is 4.79 Å². The highest BCUT2D eigenvalue weighted by atomic mass is 32.2. The number of carbonyl (C=O) groups excluding carboxylic acids is 1. The summed E-state index contributed by atoms with van der Waals surface area (Å²) in [5.74, 6) is 1.56. The maximum absolute atomic E-state index is 11.2. The Kier molecular flexibility index (Phi) is 6.89. The van der Waals surface area contributed by atoms with E-state index >= 15 is 0 Å². The van der Waals surface area contributed by atoms with Gasteiger partial charge in [0.1, 0.15) is 10.6 Å². The predicted molar refractivity (Wildman–Crippen MR) is 128 cm³/mol. The van der Waals surface area contributed by atoms with Crippen molar-refractivity contribution in [1.29, 1.82) is 0 Å². The summed E-state index contributed by atoms with van der Waals surface area (Å²) >= 11 is 2.96. The van der Waals surface area contributed by atoms with Crippen molar-refractivity contribution in [1.82, 2.24) is 15.0 Å². The Morgan fingerprint density at radius 1 is 0.806 bits per heavy atom. The molecule has 0 aliphatic rings. The molecule has 1 aromatic heterocycles. The van der Waals surface area contributed by atoms with Gasteiger partial charge in [-0.1, -0.05) is 108 Å². The molecule has 0 saturated carbocycles. The van der Waals surface area contributed by atoms with Crippen LogP contribution in [-0.4, -0.2) is 31.6 Å². The van der Waals surface area contributed by atoms with Gasteiger partial charge in [0, 0.05) is 18.4 Å². The van der Waals surface area contributed by atoms with Crippen molar-refractivity contribution >= 4 is 28.6 Å². The zero-order valence-electron chi connectivity index (χ0n) is 17.2. The maximum Gasteiger partial charge on any atom is 0.185 e. The zero-order valence-corrected chi connectivity index (χ0v) is 18.9. The Morgan fingerprint density at radius 3 is 1.74 bits per heavy atom. The van der Waals surface area contributed by atoms with E-state index in [4.69, 9.17) is 0 Å². The lowest BCUT2D eigenvalue weighted by Gasteiger charge is -2.35. The van der Waals surface area contributed by atoms with Gasteiger partial charge in [-0.3, -0.25) is 4.79 Å². The van der Waals surface area contributed by atoms with E-state index < -0.39 is 5.54 Å². The van der Waals surface area contributed by atoms with Crippen LogP contribution in [-0.2, 0) is 10.3 Å². The standard InChI is InChI=1S/C25H23N3OS2/c1-20(29)30-17-18-31-24-19-28(27-26-24)25(21-11-5-2-6-12-21,22-13-7-3-8-14-22)23-15-9-4-10-16-23/h2-16,19H,17-18H2,1H3. The number of thioether (sulfide) groups is 2. The molecule has 4 rings (SSSR count). The minimum absolute atomic E-state index is 0.139. The number of aromatic nitrogens is 3. The van der Waals surface area contributed by atoms with Gasteiger partial charge in [-0.2, -0.15) is 0 Å². The molecule has 6 heteroatoms. The average molecular weight is 446 g/mol. The minimum atomic E-state index is -0.649. The molecule has 156 valence electrons. The molecular formula is C25H23N3OS2. The van der Waals surface area contributed by atoms with Crippen LogP contribution < -0.4 is 0 Å². The Labute approximate surface area is 191 Å². The molecule has 0 aliphatic heterocycles. The summed E-state index contributed by atoms with van der Waals surface area (Å²) in [5, 5.41) is 10.0. The molecule has 0 atom stereocenters. The van der Waals surface area contributed by atoms with E-state index in [1.807, 2.05) is 29.1 Å². The molecule has 0 N–H and O–H groups in total. The quantitative estimate of drug-likeness (QED) is 0.204. The summed E-state index contributed by atoms with van der Waals surface area (Å²) in [6.07, 6.45) is 2.01. The second-order valence-corrected chi connectivity index (χ2v) is 9.39. The van der Waals surface area contributed by atoms with Crippen LogP contribution in [0.5, 0.6) is 0 Å². The highest BCUT2D eigenvalue weighted by Crippen LogP contribution is 2.40. The molecule has 31 heavy (non-hydrogen) atoms. The van der Waals surface area contributed by atoms with E-state index in [-0.39, 0.29) is 5.12 Å². The Bertz CT molecular complexity index is 1020. The van der Waals surface area contributed by atoms with Crippen LogP contribution in [0.3, 0.4) is 0 Å². The molecule has 0 saturated heterocycles. The number of hydrogen-bond acceptors (Lipinski definition) is 5. The van der Waals surface area contributed by atoms with E-state index in [9.17, 15) is 4.79 Å². The van der Waals surface area contributed by atoms with Crippen molar-refractivity contribution in [3.8, 4) is 0 Å². The first-order chi connectivity index (χ1) is 15.2. The second-order valence-electron chi connectivity index (χ2n) is 7.00. The van der Waals surface area contributed by atoms with Crippen LogP contribution in [0.15, 0.2) is 102 Å². The van der Waals surface area contributed by atoms with E-state index in [1.54, 1.807) is 18.7 Å². The topological polar surface area (TPSA) is 47.8 Å². The minimum Gasteiger partial charge on any atom is -0.288 e. The summed E-state index contributed by atoms with van der Waals surface area (Å²) in [6, 6.07) is 31.2. The van der Waals surface area contributed by atoms with Crippen molar-refractivity contribution in [3.63, 3.8) is 0 Å². The van der Waals surface area contributed by atoms with Gasteiger partial charge in [-0.05, 0) is 16.7 Å². The van der Waals surface area contributed by atoms with Gasteiger partial charge in [0.2, 0.25) is 0 Å². The molecule has 0 amide bonds. The third kappa shape index (κ3) is 4.60. The van der Waals surface area contributed by atoms with Gasteiger partial charge in [-0.15, -0.1) is 16.9 Å². The number of benzene rings is 3. The van der Waals surface area contributed by atoms with Crippen LogP contribution in [0.4, 0.5) is 0 Å². The molecule has 3 aromatic carbocycles. The van der Waals surface area contributed by atoms with Crippen LogP contribution in [0.1, 0.15) is 23.6 Å². The molecule has 0 bridgehead atoms. The van der Waals surface area contributed by atoms with Crippen LogP contribution in [0, 0.1) is 0 Å². The fourth-order valence-corrected chi connectivity index (χ4v) is 5.18. The molecule has 4 nitrogen and oxygen atoms in total. The van der Waals surface area contributed by atoms with E-state index in [1.165, 1.54) is 11.8 Å². The van der Waals surface area contributed by atoms with Crippen LogP contribution in [0.2, 0.25) is 0 Å². The number of nitrogens with zero attached hydrogens (tertiary/aromatic N) is 3. The van der Waals surface area contributed by atoms with Gasteiger partial charge in [0.05, 0.1) is 6.20 Å². The summed E-state index contributed by atoms with van der Waals surface area (Å²) in [5.41, 5.74) is 2.69. The first kappa shape index (κ1) is 21.4. The monoisotopic (exact) mass is 445 g/mol. The van der Waals surface area contributed by atoms with Gasteiger partial charge in [0.25, 0.3) is 0 Å². The molecule has 0 spiro atoms. The summed E-state index contributed by atoms with van der Waals surface area (Å²) in [6.45, 7) is 1.60. The normalized spacial score (nSPS) is 11.4. The van der Waals surface area contributed by atoms with Crippen LogP contribution >= 0.6 is 23.5 Å². The molecule has 0 radical (unpaired) electrons. The summed E-state index contributed by atoms with van der Waals surface area (Å²) in [7, 11) is 0. The van der Waals surface area contributed by atoms with Gasteiger partial charge < -0.3 is 0 Å². The molecule has 4 aromatic rings. The number of carbonyl (C=O) groups is 1. The third-order valence-electron chi connectivity index (χ3n) is 5.03. The summed E-state index contributed by atoms with van der Waals surface area (Å²) < 4.78 is 1.97. The second kappa shape index (κ2) is 9.98. The van der Waals surface area contributed by atoms with E-state index in [0.717, 1.165) is 33.2 Å². The fraction of sp³-hybridized carbons (Fsp3) is 0.160. The SMILES string of the molecule is CC(=O)SCCSc1cn(C(c2ccccc2)(c2ccccc2)c2ccccc2)nn1. The largest absolute Gasteiger partial charge is 0.288 e. The van der Waals surface area contributed by atoms with Crippen molar-refractivity contribution in [2.75, 3.05) is 11.5 Å². The predicted octanol–water partition coefficient (Wildman–Crippen LogP) is 5.49. The fourth-order valence-electron chi connectivity index (χ4n) is 3.75. The number of hydrogen-bond donors (Lipinski definition) is 0. The van der Waals surface area contributed by atoms with E-state index in [2.05, 4.69) is 83.1 Å². The Balaban J connectivity index is 1.83. The third-order valence-corrected chi connectivity index (χ3v) is 6.99.